The second-order valence-corrected chi connectivity index (χ2v) is 6.72. The van der Waals surface area contributed by atoms with E-state index in [-0.39, 0.29) is 0 Å². The first-order chi connectivity index (χ1) is 10.4. The molecule has 0 amide bonds. The highest BCUT2D eigenvalue weighted by Crippen LogP contribution is 2.21. The molecule has 0 spiro atoms. The average Bonchev–Trinajstić information content (AvgIpc) is 3.03. The molecule has 1 aromatic carbocycles. The predicted molar refractivity (Wildman–Crippen MR) is 89.8 cm³/mol. The third-order valence-electron chi connectivity index (χ3n) is 4.23. The van der Waals surface area contributed by atoms with Crippen LogP contribution in [-0.4, -0.2) is 10.6 Å². The van der Waals surface area contributed by atoms with Crippen molar-refractivity contribution in [2.75, 3.05) is 0 Å². The summed E-state index contributed by atoms with van der Waals surface area (Å²) in [5, 5.41) is 9.34. The van der Waals surface area contributed by atoms with Crippen LogP contribution in [0.5, 0.6) is 0 Å². The second kappa shape index (κ2) is 5.66. The normalized spacial score (nSPS) is 14.9. The molecule has 2 aromatic heterocycles. The van der Waals surface area contributed by atoms with Gasteiger partial charge in [-0.05, 0) is 64.7 Å². The fourth-order valence-electron chi connectivity index (χ4n) is 2.77. The number of benzene rings is 1. The van der Waals surface area contributed by atoms with E-state index in [4.69, 9.17) is 0 Å². The minimum atomic E-state index is 0.770. The van der Waals surface area contributed by atoms with E-state index < -0.39 is 0 Å². The molecule has 1 saturated carbocycles. The van der Waals surface area contributed by atoms with Gasteiger partial charge in [-0.25, -0.2) is 0 Å². The number of rotatable bonds is 6. The molecular weight excluding hydrogens is 276 g/mol. The van der Waals surface area contributed by atoms with Gasteiger partial charge in [0.1, 0.15) is 0 Å². The summed E-state index contributed by atoms with van der Waals surface area (Å²) in [4.78, 5) is 0. The minimum absolute atomic E-state index is 0.770. The lowest BCUT2D eigenvalue weighted by atomic mass is 10.1. The van der Waals surface area contributed by atoms with E-state index in [0.29, 0.717) is 0 Å². The summed E-state index contributed by atoms with van der Waals surface area (Å²) in [6, 6.07) is 12.1. The summed E-state index contributed by atoms with van der Waals surface area (Å²) in [6.45, 7) is 2.05. The molecule has 4 rings (SSSR count). The van der Waals surface area contributed by atoms with Gasteiger partial charge < -0.3 is 9.88 Å². The summed E-state index contributed by atoms with van der Waals surface area (Å²) >= 11 is 1.78. The number of aryl methyl sites for hydroxylation is 2. The second-order valence-electron chi connectivity index (χ2n) is 5.94. The molecule has 21 heavy (non-hydrogen) atoms. The molecule has 1 N–H and O–H groups in total. The highest BCUT2D eigenvalue weighted by atomic mass is 32.1. The largest absolute Gasteiger partial charge is 0.347 e. The van der Waals surface area contributed by atoms with E-state index in [0.717, 1.165) is 25.6 Å². The summed E-state index contributed by atoms with van der Waals surface area (Å²) in [5.41, 5.74) is 4.19. The van der Waals surface area contributed by atoms with Crippen molar-refractivity contribution in [3.63, 3.8) is 0 Å². The van der Waals surface area contributed by atoms with E-state index in [1.807, 2.05) is 0 Å². The Hall–Kier alpha value is -1.58. The van der Waals surface area contributed by atoms with Gasteiger partial charge in [0.25, 0.3) is 0 Å². The first-order valence-corrected chi connectivity index (χ1v) is 8.65. The number of aromatic nitrogens is 1. The number of hydrogen-bond donors (Lipinski definition) is 1. The van der Waals surface area contributed by atoms with Gasteiger partial charge in [0.05, 0.1) is 0 Å². The molecule has 0 radical (unpaired) electrons. The van der Waals surface area contributed by atoms with Crippen molar-refractivity contribution in [1.82, 2.24) is 9.88 Å². The van der Waals surface area contributed by atoms with Crippen LogP contribution in [0.4, 0.5) is 0 Å². The molecule has 1 aliphatic rings. The van der Waals surface area contributed by atoms with Gasteiger partial charge in [0.15, 0.2) is 0 Å². The van der Waals surface area contributed by atoms with E-state index in [9.17, 15) is 0 Å². The van der Waals surface area contributed by atoms with Gasteiger partial charge >= 0.3 is 0 Å². The van der Waals surface area contributed by atoms with E-state index in [1.54, 1.807) is 11.3 Å². The topological polar surface area (TPSA) is 17.0 Å². The predicted octanol–water partition coefficient (Wildman–Crippen LogP) is 4.20. The van der Waals surface area contributed by atoms with Crippen LogP contribution in [0, 0.1) is 0 Å². The SMILES string of the molecule is c1cc(CCn2ccc3ccc(CNC4CC4)cc32)cs1. The van der Waals surface area contributed by atoms with Crippen molar-refractivity contribution < 1.29 is 0 Å². The Labute approximate surface area is 129 Å². The minimum Gasteiger partial charge on any atom is -0.347 e. The molecule has 3 heteroatoms. The molecule has 2 heterocycles. The zero-order valence-corrected chi connectivity index (χ0v) is 12.9. The third-order valence-corrected chi connectivity index (χ3v) is 4.96. The molecule has 1 fully saturated rings. The molecule has 108 valence electrons. The van der Waals surface area contributed by atoms with Gasteiger partial charge in [-0.3, -0.25) is 0 Å². The van der Waals surface area contributed by atoms with E-state index in [1.165, 1.54) is 34.9 Å². The fourth-order valence-corrected chi connectivity index (χ4v) is 3.47. The van der Waals surface area contributed by atoms with E-state index in [2.05, 4.69) is 57.2 Å². The van der Waals surface area contributed by atoms with Gasteiger partial charge in [0.2, 0.25) is 0 Å². The van der Waals surface area contributed by atoms with Crippen LogP contribution in [0.3, 0.4) is 0 Å². The molecule has 2 nitrogen and oxygen atoms in total. The van der Waals surface area contributed by atoms with Crippen LogP contribution < -0.4 is 5.32 Å². The molecule has 3 aromatic rings. The molecule has 1 aliphatic carbocycles. The van der Waals surface area contributed by atoms with Crippen LogP contribution in [0.15, 0.2) is 47.3 Å². The molecule has 0 aliphatic heterocycles. The zero-order valence-electron chi connectivity index (χ0n) is 12.1. The maximum atomic E-state index is 3.60. The third kappa shape index (κ3) is 3.04. The van der Waals surface area contributed by atoms with E-state index >= 15 is 0 Å². The highest BCUT2D eigenvalue weighted by Gasteiger charge is 2.19. The first kappa shape index (κ1) is 13.1. The van der Waals surface area contributed by atoms with Gasteiger partial charge in [-0.2, -0.15) is 11.3 Å². The van der Waals surface area contributed by atoms with Crippen LogP contribution in [0.2, 0.25) is 0 Å². The van der Waals surface area contributed by atoms with Crippen molar-refractivity contribution in [1.29, 1.82) is 0 Å². The zero-order chi connectivity index (χ0) is 14.1. The summed E-state index contributed by atoms with van der Waals surface area (Å²) in [5.74, 6) is 0. The maximum absolute atomic E-state index is 3.60. The fraction of sp³-hybridized carbons (Fsp3) is 0.333. The van der Waals surface area contributed by atoms with Gasteiger partial charge in [-0.15, -0.1) is 0 Å². The molecule has 0 atom stereocenters. The summed E-state index contributed by atoms with van der Waals surface area (Å²) in [7, 11) is 0. The number of thiophene rings is 1. The van der Waals surface area contributed by atoms with Crippen LogP contribution in [0.1, 0.15) is 24.0 Å². The van der Waals surface area contributed by atoms with Crippen molar-refractivity contribution in [2.24, 2.45) is 0 Å². The van der Waals surface area contributed by atoms with Crippen LogP contribution in [-0.2, 0) is 19.5 Å². The lowest BCUT2D eigenvalue weighted by Crippen LogP contribution is -2.15. The number of nitrogens with one attached hydrogen (secondary N) is 1. The molecule has 0 unspecified atom stereocenters. The van der Waals surface area contributed by atoms with Crippen LogP contribution >= 0.6 is 11.3 Å². The quantitative estimate of drug-likeness (QED) is 0.721. The highest BCUT2D eigenvalue weighted by molar-refractivity contribution is 7.07. The Morgan fingerprint density at radius 3 is 2.90 bits per heavy atom. The van der Waals surface area contributed by atoms with Gasteiger partial charge in [-0.1, -0.05) is 12.1 Å². The lowest BCUT2D eigenvalue weighted by Gasteiger charge is -2.07. The lowest BCUT2D eigenvalue weighted by molar-refractivity contribution is 0.687. The Morgan fingerprint density at radius 2 is 2.10 bits per heavy atom. The molecule has 0 saturated heterocycles. The van der Waals surface area contributed by atoms with Crippen molar-refractivity contribution in [2.45, 2.75) is 38.4 Å². The first-order valence-electron chi connectivity index (χ1n) is 7.71. The number of hydrogen-bond acceptors (Lipinski definition) is 2. The van der Waals surface area contributed by atoms with Crippen molar-refractivity contribution in [3.8, 4) is 0 Å². The Balaban J connectivity index is 1.51. The Bertz CT molecular complexity index is 723. The molecule has 0 bridgehead atoms. The van der Waals surface area contributed by atoms with Crippen molar-refractivity contribution >= 4 is 22.2 Å². The summed E-state index contributed by atoms with van der Waals surface area (Å²) < 4.78 is 2.38. The van der Waals surface area contributed by atoms with Gasteiger partial charge in [0, 0.05) is 30.8 Å². The average molecular weight is 296 g/mol. The monoisotopic (exact) mass is 296 g/mol. The smallest absolute Gasteiger partial charge is 0.0483 e. The Morgan fingerprint density at radius 1 is 1.14 bits per heavy atom. The standard InChI is InChI=1S/C18H20N2S/c1-2-16-6-9-20(8-5-14-7-10-21-13-14)18(16)11-15(1)12-19-17-3-4-17/h1-2,6-7,9-11,13,17,19H,3-5,8,12H2. The Kier molecular flexibility index (Phi) is 3.53. The number of fused-ring (bicyclic) bond motifs is 1. The number of nitrogens with zero attached hydrogens (tertiary/aromatic N) is 1. The summed E-state index contributed by atoms with van der Waals surface area (Å²) in [6.07, 6.45) is 6.02. The van der Waals surface area contributed by atoms with Crippen molar-refractivity contribution in [3.05, 3.63) is 58.4 Å². The maximum Gasteiger partial charge on any atom is 0.0483 e. The molecular formula is C18H20N2S. The van der Waals surface area contributed by atoms with Crippen LogP contribution in [0.25, 0.3) is 10.9 Å².